The highest BCUT2D eigenvalue weighted by molar-refractivity contribution is 6.09. The van der Waals surface area contributed by atoms with Gasteiger partial charge >= 0.3 is 0 Å². The second-order valence-electron chi connectivity index (χ2n) is 3.57. The van der Waals surface area contributed by atoms with Crippen molar-refractivity contribution in [3.63, 3.8) is 0 Å². The van der Waals surface area contributed by atoms with Gasteiger partial charge in [0.2, 0.25) is 0 Å². The molecule has 17 heavy (non-hydrogen) atoms. The Balaban J connectivity index is 2.70. The van der Waals surface area contributed by atoms with E-state index in [9.17, 15) is 4.79 Å². The molecule has 0 bridgehead atoms. The minimum absolute atomic E-state index is 0.342. The Labute approximate surface area is 99.3 Å². The van der Waals surface area contributed by atoms with Gasteiger partial charge < -0.3 is 4.74 Å². The minimum Gasteiger partial charge on any atom is -0.493 e. The normalized spacial score (nSPS) is 10.2. The third kappa shape index (κ3) is 2.07. The number of benzene rings is 2. The number of rotatable bonds is 3. The van der Waals surface area contributed by atoms with Crippen molar-refractivity contribution < 1.29 is 9.53 Å². The zero-order valence-corrected chi connectivity index (χ0v) is 9.57. The Morgan fingerprint density at radius 3 is 2.76 bits per heavy atom. The Morgan fingerprint density at radius 2 is 2.06 bits per heavy atom. The van der Waals surface area contributed by atoms with Crippen molar-refractivity contribution in [2.45, 2.75) is 6.92 Å². The summed E-state index contributed by atoms with van der Waals surface area (Å²) in [4.78, 5) is 11.8. The lowest BCUT2D eigenvalue weighted by Crippen LogP contribution is -2.30. The third-order valence-electron chi connectivity index (χ3n) is 2.55. The van der Waals surface area contributed by atoms with Gasteiger partial charge in [-0.1, -0.05) is 30.3 Å². The van der Waals surface area contributed by atoms with E-state index in [2.05, 4.69) is 5.43 Å². The molecule has 0 spiro atoms. The molecule has 4 nitrogen and oxygen atoms in total. The summed E-state index contributed by atoms with van der Waals surface area (Å²) in [5.41, 5.74) is 2.63. The number of carbonyl (C=O) groups is 1. The van der Waals surface area contributed by atoms with Gasteiger partial charge in [-0.25, -0.2) is 5.84 Å². The van der Waals surface area contributed by atoms with E-state index in [0.29, 0.717) is 17.9 Å². The van der Waals surface area contributed by atoms with Crippen molar-refractivity contribution in [1.82, 2.24) is 5.43 Å². The number of fused-ring (bicyclic) bond motifs is 1. The average Bonchev–Trinajstić information content (AvgIpc) is 2.38. The lowest BCUT2D eigenvalue weighted by molar-refractivity contribution is 0.0951. The van der Waals surface area contributed by atoms with E-state index in [0.717, 1.165) is 10.8 Å². The maximum atomic E-state index is 11.8. The zero-order valence-electron chi connectivity index (χ0n) is 9.57. The number of carbonyl (C=O) groups excluding carboxylic acids is 1. The fourth-order valence-electron chi connectivity index (χ4n) is 1.83. The average molecular weight is 230 g/mol. The molecule has 3 N–H and O–H groups in total. The molecule has 0 saturated heterocycles. The van der Waals surface area contributed by atoms with Gasteiger partial charge in [0.15, 0.2) is 0 Å². The van der Waals surface area contributed by atoms with E-state index in [1.807, 2.05) is 37.3 Å². The molecule has 0 saturated carbocycles. The van der Waals surface area contributed by atoms with Crippen molar-refractivity contribution in [2.75, 3.05) is 6.61 Å². The van der Waals surface area contributed by atoms with Crippen LogP contribution in [0, 0.1) is 0 Å². The van der Waals surface area contributed by atoms with Crippen molar-refractivity contribution in [3.8, 4) is 5.75 Å². The van der Waals surface area contributed by atoms with Gasteiger partial charge in [-0.2, -0.15) is 0 Å². The Hall–Kier alpha value is -2.07. The summed E-state index contributed by atoms with van der Waals surface area (Å²) in [7, 11) is 0. The van der Waals surface area contributed by atoms with E-state index < -0.39 is 0 Å². The first-order valence-electron chi connectivity index (χ1n) is 5.43. The molecule has 0 aromatic heterocycles. The smallest absolute Gasteiger partial charge is 0.269 e. The monoisotopic (exact) mass is 230 g/mol. The molecule has 4 heteroatoms. The lowest BCUT2D eigenvalue weighted by atomic mass is 10.0. The van der Waals surface area contributed by atoms with Crippen LogP contribution in [0.2, 0.25) is 0 Å². The highest BCUT2D eigenvalue weighted by atomic mass is 16.5. The highest BCUT2D eigenvalue weighted by Crippen LogP contribution is 2.27. The van der Waals surface area contributed by atoms with E-state index >= 15 is 0 Å². The van der Waals surface area contributed by atoms with Crippen molar-refractivity contribution in [2.24, 2.45) is 5.84 Å². The van der Waals surface area contributed by atoms with Gasteiger partial charge in [0.25, 0.3) is 5.91 Å². The van der Waals surface area contributed by atoms with Crippen LogP contribution in [0.4, 0.5) is 0 Å². The second-order valence-corrected chi connectivity index (χ2v) is 3.57. The summed E-state index contributed by atoms with van der Waals surface area (Å²) < 4.78 is 5.45. The van der Waals surface area contributed by atoms with Crippen LogP contribution in [0.25, 0.3) is 10.8 Å². The van der Waals surface area contributed by atoms with Crippen LogP contribution < -0.4 is 16.0 Å². The summed E-state index contributed by atoms with van der Waals surface area (Å²) in [6.45, 7) is 2.38. The number of hydrogen-bond acceptors (Lipinski definition) is 3. The summed E-state index contributed by atoms with van der Waals surface area (Å²) in [6.07, 6.45) is 0. The fourth-order valence-corrected chi connectivity index (χ4v) is 1.83. The SMILES string of the molecule is CCOc1ccc2ccccc2c1C(=O)NN. The Bertz CT molecular complexity index is 552. The molecule has 0 radical (unpaired) electrons. The van der Waals surface area contributed by atoms with Gasteiger partial charge in [-0.3, -0.25) is 10.2 Å². The van der Waals surface area contributed by atoms with Crippen molar-refractivity contribution in [3.05, 3.63) is 42.0 Å². The van der Waals surface area contributed by atoms with Gasteiger partial charge in [-0.15, -0.1) is 0 Å². The number of nitrogen functional groups attached to an aromatic ring is 1. The first kappa shape index (κ1) is 11.4. The Morgan fingerprint density at radius 1 is 1.29 bits per heavy atom. The number of nitrogens with one attached hydrogen (secondary N) is 1. The number of amides is 1. The van der Waals surface area contributed by atoms with Crippen LogP contribution in [0.3, 0.4) is 0 Å². The Kier molecular flexibility index (Phi) is 3.25. The molecular formula is C13H14N2O2. The van der Waals surface area contributed by atoms with Gasteiger partial charge in [-0.05, 0) is 23.8 Å². The molecular weight excluding hydrogens is 216 g/mol. The minimum atomic E-state index is -0.342. The number of nitrogens with two attached hydrogens (primary N) is 1. The van der Waals surface area contributed by atoms with Gasteiger partial charge in [0, 0.05) is 0 Å². The second kappa shape index (κ2) is 4.84. The van der Waals surface area contributed by atoms with E-state index in [-0.39, 0.29) is 5.91 Å². The fraction of sp³-hybridized carbons (Fsp3) is 0.154. The van der Waals surface area contributed by atoms with Crippen molar-refractivity contribution in [1.29, 1.82) is 0 Å². The van der Waals surface area contributed by atoms with Gasteiger partial charge in [0.1, 0.15) is 5.75 Å². The van der Waals surface area contributed by atoms with E-state index in [1.54, 1.807) is 6.07 Å². The maximum Gasteiger partial charge on any atom is 0.269 e. The lowest BCUT2D eigenvalue weighted by Gasteiger charge is -2.11. The highest BCUT2D eigenvalue weighted by Gasteiger charge is 2.15. The molecule has 2 rings (SSSR count). The van der Waals surface area contributed by atoms with E-state index in [4.69, 9.17) is 10.6 Å². The van der Waals surface area contributed by atoms with Crippen LogP contribution in [0.15, 0.2) is 36.4 Å². The predicted octanol–water partition coefficient (Wildman–Crippen LogP) is 1.84. The first-order valence-corrected chi connectivity index (χ1v) is 5.43. The summed E-state index contributed by atoms with van der Waals surface area (Å²) >= 11 is 0. The van der Waals surface area contributed by atoms with E-state index in [1.165, 1.54) is 0 Å². The molecule has 0 fully saturated rings. The first-order chi connectivity index (χ1) is 8.27. The molecule has 2 aromatic carbocycles. The van der Waals surface area contributed by atoms with Crippen LogP contribution >= 0.6 is 0 Å². The molecule has 0 aliphatic heterocycles. The zero-order chi connectivity index (χ0) is 12.3. The molecule has 0 atom stereocenters. The summed E-state index contributed by atoms with van der Waals surface area (Å²) in [6, 6.07) is 11.3. The number of hydrazine groups is 1. The van der Waals surface area contributed by atoms with Crippen molar-refractivity contribution >= 4 is 16.7 Å². The number of ether oxygens (including phenoxy) is 1. The van der Waals surface area contributed by atoms with Crippen LogP contribution in [0.1, 0.15) is 17.3 Å². The molecule has 2 aromatic rings. The predicted molar refractivity (Wildman–Crippen MR) is 66.8 cm³/mol. The molecule has 1 amide bonds. The molecule has 0 aliphatic carbocycles. The summed E-state index contributed by atoms with van der Waals surface area (Å²) in [5.74, 6) is 5.41. The third-order valence-corrected chi connectivity index (χ3v) is 2.55. The van der Waals surface area contributed by atoms with Crippen LogP contribution in [0.5, 0.6) is 5.75 Å². The topological polar surface area (TPSA) is 64.3 Å². The molecule has 88 valence electrons. The molecule has 0 unspecified atom stereocenters. The molecule has 0 heterocycles. The quantitative estimate of drug-likeness (QED) is 0.480. The molecule has 0 aliphatic rings. The largest absolute Gasteiger partial charge is 0.493 e. The van der Waals surface area contributed by atoms with Gasteiger partial charge in [0.05, 0.1) is 12.2 Å². The number of hydrogen-bond donors (Lipinski definition) is 2. The standard InChI is InChI=1S/C13H14N2O2/c1-2-17-11-8-7-9-5-3-4-6-10(9)12(11)13(16)15-14/h3-8H,2,14H2,1H3,(H,15,16). The summed E-state index contributed by atoms with van der Waals surface area (Å²) in [5, 5.41) is 1.82. The maximum absolute atomic E-state index is 11.8. The van der Waals surface area contributed by atoms with Crippen LogP contribution in [-0.2, 0) is 0 Å². The van der Waals surface area contributed by atoms with Crippen LogP contribution in [-0.4, -0.2) is 12.5 Å².